The molecular formula is C15H22N2. The van der Waals surface area contributed by atoms with Gasteiger partial charge in [-0.1, -0.05) is 29.8 Å². The van der Waals surface area contributed by atoms with Gasteiger partial charge in [-0.2, -0.15) is 5.10 Å². The Bertz CT molecular complexity index is 373. The molecule has 17 heavy (non-hydrogen) atoms. The first kappa shape index (κ1) is 13.5. The molecule has 1 aromatic rings. The Balaban J connectivity index is 2.28. The van der Waals surface area contributed by atoms with Gasteiger partial charge in [0.1, 0.15) is 0 Å². The first-order chi connectivity index (χ1) is 8.18. The van der Waals surface area contributed by atoms with Crippen LogP contribution in [0, 0.1) is 0 Å². The van der Waals surface area contributed by atoms with Crippen LogP contribution in [0.3, 0.4) is 0 Å². The second-order valence-electron chi connectivity index (χ2n) is 4.50. The van der Waals surface area contributed by atoms with E-state index in [1.54, 1.807) is 0 Å². The summed E-state index contributed by atoms with van der Waals surface area (Å²) < 4.78 is 0. The largest absolute Gasteiger partial charge is 0.279 e. The molecule has 0 heterocycles. The average molecular weight is 230 g/mol. The summed E-state index contributed by atoms with van der Waals surface area (Å²) in [7, 11) is 0. The van der Waals surface area contributed by atoms with E-state index in [9.17, 15) is 0 Å². The summed E-state index contributed by atoms with van der Waals surface area (Å²) in [6.07, 6.45) is 5.62. The van der Waals surface area contributed by atoms with Crippen LogP contribution < -0.4 is 5.43 Å². The van der Waals surface area contributed by atoms with Gasteiger partial charge in [0.2, 0.25) is 0 Å². The molecule has 0 aromatic heterocycles. The van der Waals surface area contributed by atoms with Gasteiger partial charge in [0.05, 0.1) is 5.69 Å². The maximum absolute atomic E-state index is 4.36. The van der Waals surface area contributed by atoms with Crippen LogP contribution in [0.1, 0.15) is 40.0 Å². The molecule has 0 aliphatic heterocycles. The van der Waals surface area contributed by atoms with Gasteiger partial charge in [0.15, 0.2) is 0 Å². The number of hydrogen-bond donors (Lipinski definition) is 1. The molecule has 0 bridgehead atoms. The zero-order valence-corrected chi connectivity index (χ0v) is 11.0. The molecule has 0 unspecified atom stereocenters. The highest BCUT2D eigenvalue weighted by molar-refractivity contribution is 5.82. The zero-order chi connectivity index (χ0) is 12.5. The number of hydrogen-bond acceptors (Lipinski definition) is 2. The molecule has 0 radical (unpaired) electrons. The van der Waals surface area contributed by atoms with Crippen LogP contribution in [-0.4, -0.2) is 5.71 Å². The second-order valence-corrected chi connectivity index (χ2v) is 4.50. The van der Waals surface area contributed by atoms with E-state index in [2.05, 4.69) is 37.4 Å². The van der Waals surface area contributed by atoms with Crippen molar-refractivity contribution in [1.29, 1.82) is 0 Å². The third kappa shape index (κ3) is 6.56. The topological polar surface area (TPSA) is 24.4 Å². The minimum absolute atomic E-state index is 1.04. The van der Waals surface area contributed by atoms with Crippen LogP contribution in [0.25, 0.3) is 0 Å². The summed E-state index contributed by atoms with van der Waals surface area (Å²) in [5, 5.41) is 4.36. The number of nitrogens with one attached hydrogen (secondary N) is 1. The molecule has 92 valence electrons. The SMILES string of the molecule is CC(C)=CCCC/C(C)=N/Nc1ccccc1. The Morgan fingerprint density at radius 2 is 1.88 bits per heavy atom. The van der Waals surface area contributed by atoms with E-state index in [0.29, 0.717) is 0 Å². The van der Waals surface area contributed by atoms with Gasteiger partial charge in [0, 0.05) is 5.71 Å². The van der Waals surface area contributed by atoms with Crippen molar-refractivity contribution in [3.05, 3.63) is 42.0 Å². The van der Waals surface area contributed by atoms with E-state index >= 15 is 0 Å². The van der Waals surface area contributed by atoms with Crippen LogP contribution in [-0.2, 0) is 0 Å². The molecule has 1 N–H and O–H groups in total. The van der Waals surface area contributed by atoms with Crippen molar-refractivity contribution in [1.82, 2.24) is 0 Å². The molecule has 0 atom stereocenters. The van der Waals surface area contributed by atoms with Crippen molar-refractivity contribution in [3.8, 4) is 0 Å². The number of hydrazone groups is 1. The number of anilines is 1. The highest BCUT2D eigenvalue weighted by Crippen LogP contribution is 2.06. The molecule has 0 fully saturated rings. The summed E-state index contributed by atoms with van der Waals surface area (Å²) >= 11 is 0. The van der Waals surface area contributed by atoms with Gasteiger partial charge in [-0.3, -0.25) is 5.43 Å². The number of unbranched alkanes of at least 4 members (excludes halogenated alkanes) is 1. The van der Waals surface area contributed by atoms with E-state index in [1.807, 2.05) is 30.3 Å². The van der Waals surface area contributed by atoms with Crippen molar-refractivity contribution in [2.75, 3.05) is 5.43 Å². The normalized spacial score (nSPS) is 11.1. The Hall–Kier alpha value is -1.57. The van der Waals surface area contributed by atoms with Gasteiger partial charge < -0.3 is 0 Å². The van der Waals surface area contributed by atoms with Gasteiger partial charge in [0.25, 0.3) is 0 Å². The quantitative estimate of drug-likeness (QED) is 0.328. The number of nitrogens with zero attached hydrogens (tertiary/aromatic N) is 1. The Kier molecular flexibility index (Phi) is 6.08. The van der Waals surface area contributed by atoms with Crippen molar-refractivity contribution in [2.45, 2.75) is 40.0 Å². The zero-order valence-electron chi connectivity index (χ0n) is 11.0. The lowest BCUT2D eigenvalue weighted by Gasteiger charge is -2.02. The van der Waals surface area contributed by atoms with Crippen LogP contribution in [0.15, 0.2) is 47.1 Å². The highest BCUT2D eigenvalue weighted by atomic mass is 15.3. The first-order valence-corrected chi connectivity index (χ1v) is 6.16. The third-order valence-electron chi connectivity index (χ3n) is 2.44. The summed E-state index contributed by atoms with van der Waals surface area (Å²) in [5.41, 5.74) is 6.64. The number of benzene rings is 1. The van der Waals surface area contributed by atoms with Gasteiger partial charge in [-0.15, -0.1) is 0 Å². The smallest absolute Gasteiger partial charge is 0.0561 e. The number of para-hydroxylation sites is 1. The molecule has 0 spiro atoms. The monoisotopic (exact) mass is 230 g/mol. The van der Waals surface area contributed by atoms with Crippen molar-refractivity contribution in [3.63, 3.8) is 0 Å². The molecule has 2 nitrogen and oxygen atoms in total. The van der Waals surface area contributed by atoms with Crippen LogP contribution in [0.5, 0.6) is 0 Å². The van der Waals surface area contributed by atoms with E-state index in [0.717, 1.165) is 30.7 Å². The van der Waals surface area contributed by atoms with E-state index in [1.165, 1.54) is 5.57 Å². The van der Waals surface area contributed by atoms with E-state index < -0.39 is 0 Å². The summed E-state index contributed by atoms with van der Waals surface area (Å²) in [5.74, 6) is 0. The summed E-state index contributed by atoms with van der Waals surface area (Å²) in [6, 6.07) is 10.0. The fourth-order valence-corrected chi connectivity index (χ4v) is 1.48. The molecular weight excluding hydrogens is 208 g/mol. The van der Waals surface area contributed by atoms with Crippen molar-refractivity contribution in [2.24, 2.45) is 5.10 Å². The Morgan fingerprint density at radius 1 is 1.18 bits per heavy atom. The molecule has 0 aliphatic rings. The Labute approximate surface area is 104 Å². The standard InChI is InChI=1S/C15H22N2/c1-13(2)9-7-8-10-14(3)16-17-15-11-5-4-6-12-15/h4-6,9,11-12,17H,7-8,10H2,1-3H3/b16-14+. The predicted molar refractivity (Wildman–Crippen MR) is 76.5 cm³/mol. The fourth-order valence-electron chi connectivity index (χ4n) is 1.48. The lowest BCUT2D eigenvalue weighted by atomic mass is 10.1. The van der Waals surface area contributed by atoms with E-state index in [4.69, 9.17) is 0 Å². The fraction of sp³-hybridized carbons (Fsp3) is 0.400. The maximum atomic E-state index is 4.36. The molecule has 1 aromatic carbocycles. The van der Waals surface area contributed by atoms with Gasteiger partial charge >= 0.3 is 0 Å². The minimum atomic E-state index is 1.04. The number of allylic oxidation sites excluding steroid dienone is 2. The number of rotatable bonds is 6. The lowest BCUT2D eigenvalue weighted by Crippen LogP contribution is -1.97. The molecule has 0 amide bonds. The average Bonchev–Trinajstić information content (AvgIpc) is 2.33. The minimum Gasteiger partial charge on any atom is -0.279 e. The molecule has 0 saturated heterocycles. The third-order valence-corrected chi connectivity index (χ3v) is 2.44. The lowest BCUT2D eigenvalue weighted by molar-refractivity contribution is 0.882. The molecule has 2 heteroatoms. The van der Waals surface area contributed by atoms with Crippen LogP contribution >= 0.6 is 0 Å². The summed E-state index contributed by atoms with van der Waals surface area (Å²) in [6.45, 7) is 6.34. The molecule has 1 rings (SSSR count). The van der Waals surface area contributed by atoms with Crippen LogP contribution in [0.4, 0.5) is 5.69 Å². The Morgan fingerprint density at radius 3 is 2.53 bits per heavy atom. The van der Waals surface area contributed by atoms with Crippen molar-refractivity contribution < 1.29 is 0 Å². The van der Waals surface area contributed by atoms with E-state index in [-0.39, 0.29) is 0 Å². The van der Waals surface area contributed by atoms with Crippen molar-refractivity contribution >= 4 is 11.4 Å². The second kappa shape index (κ2) is 7.66. The molecule has 0 aliphatic carbocycles. The first-order valence-electron chi connectivity index (χ1n) is 6.16. The summed E-state index contributed by atoms with van der Waals surface area (Å²) in [4.78, 5) is 0. The predicted octanol–water partition coefficient (Wildman–Crippen LogP) is 4.61. The molecule has 0 saturated carbocycles. The van der Waals surface area contributed by atoms with Gasteiger partial charge in [-0.25, -0.2) is 0 Å². The van der Waals surface area contributed by atoms with Crippen LogP contribution in [0.2, 0.25) is 0 Å². The van der Waals surface area contributed by atoms with Gasteiger partial charge in [-0.05, 0) is 52.2 Å². The highest BCUT2D eigenvalue weighted by Gasteiger charge is 1.92. The maximum Gasteiger partial charge on any atom is 0.0561 e.